The van der Waals surface area contributed by atoms with Gasteiger partial charge in [-0.25, -0.2) is 4.39 Å². The second kappa shape index (κ2) is 5.27. The fourth-order valence-corrected chi connectivity index (χ4v) is 1.76. The van der Waals surface area contributed by atoms with Crippen molar-refractivity contribution in [2.45, 2.75) is 46.1 Å². The van der Waals surface area contributed by atoms with Gasteiger partial charge < -0.3 is 9.84 Å². The number of aliphatic hydroxyl groups is 1. The van der Waals surface area contributed by atoms with Gasteiger partial charge in [0.25, 0.3) is 0 Å². The van der Waals surface area contributed by atoms with E-state index in [1.807, 2.05) is 0 Å². The summed E-state index contributed by atoms with van der Waals surface area (Å²) in [6.45, 7) is 8.09. The third-order valence-electron chi connectivity index (χ3n) is 3.14. The summed E-state index contributed by atoms with van der Waals surface area (Å²) in [5.74, 6) is -0.239. The minimum atomic E-state index is -1.01. The van der Waals surface area contributed by atoms with E-state index in [0.717, 1.165) is 6.42 Å². The summed E-state index contributed by atoms with van der Waals surface area (Å²) >= 11 is 0. The van der Waals surface area contributed by atoms with Crippen molar-refractivity contribution >= 4 is 0 Å². The monoisotopic (exact) mass is 254 g/mol. The summed E-state index contributed by atoms with van der Waals surface area (Å²) in [6.07, 6.45) is 1.47. The molecular formula is C15H23FO2. The molecule has 18 heavy (non-hydrogen) atoms. The van der Waals surface area contributed by atoms with E-state index in [1.165, 1.54) is 13.2 Å². The van der Waals surface area contributed by atoms with E-state index >= 15 is 0 Å². The van der Waals surface area contributed by atoms with Crippen LogP contribution in [0.2, 0.25) is 0 Å². The number of benzene rings is 1. The van der Waals surface area contributed by atoms with Crippen LogP contribution in [0.5, 0.6) is 5.75 Å². The molecule has 0 saturated heterocycles. The van der Waals surface area contributed by atoms with Crippen LogP contribution in [-0.2, 0) is 5.60 Å². The smallest absolute Gasteiger partial charge is 0.165 e. The van der Waals surface area contributed by atoms with Gasteiger partial charge in [-0.2, -0.15) is 0 Å². The second-order valence-corrected chi connectivity index (χ2v) is 6.18. The van der Waals surface area contributed by atoms with Crippen LogP contribution < -0.4 is 4.74 Å². The fraction of sp³-hybridized carbons (Fsp3) is 0.600. The number of hydrogen-bond donors (Lipinski definition) is 1. The molecule has 2 nitrogen and oxygen atoms in total. The topological polar surface area (TPSA) is 29.5 Å². The van der Waals surface area contributed by atoms with E-state index in [0.29, 0.717) is 12.0 Å². The zero-order valence-electron chi connectivity index (χ0n) is 11.9. The zero-order valence-corrected chi connectivity index (χ0v) is 11.9. The molecule has 0 saturated carbocycles. The standard InChI is InChI=1S/C15H23FO2/c1-14(2,3)8-9-15(4,17)11-6-7-13(18-5)12(16)10-11/h6-7,10,17H,8-9H2,1-5H3. The Hall–Kier alpha value is -1.09. The van der Waals surface area contributed by atoms with Gasteiger partial charge in [0.05, 0.1) is 12.7 Å². The molecule has 0 bridgehead atoms. The highest BCUT2D eigenvalue weighted by Gasteiger charge is 2.26. The summed E-state index contributed by atoms with van der Waals surface area (Å²) in [6, 6.07) is 4.61. The predicted octanol–water partition coefficient (Wildman–Crippen LogP) is 3.87. The molecule has 0 spiro atoms. The maximum atomic E-state index is 13.6. The van der Waals surface area contributed by atoms with E-state index in [4.69, 9.17) is 4.74 Å². The number of ether oxygens (including phenoxy) is 1. The van der Waals surface area contributed by atoms with Crippen LogP contribution in [0.3, 0.4) is 0 Å². The minimum Gasteiger partial charge on any atom is -0.494 e. The van der Waals surface area contributed by atoms with Gasteiger partial charge in [0.15, 0.2) is 11.6 Å². The molecule has 0 fully saturated rings. The molecule has 0 radical (unpaired) electrons. The Morgan fingerprint density at radius 1 is 1.17 bits per heavy atom. The third-order valence-corrected chi connectivity index (χ3v) is 3.14. The Labute approximate surface area is 109 Å². The van der Waals surface area contributed by atoms with E-state index < -0.39 is 11.4 Å². The van der Waals surface area contributed by atoms with Gasteiger partial charge in [-0.05, 0) is 42.9 Å². The molecule has 102 valence electrons. The molecule has 0 aromatic heterocycles. The van der Waals surface area contributed by atoms with Crippen molar-refractivity contribution in [3.8, 4) is 5.75 Å². The number of rotatable bonds is 4. The summed E-state index contributed by atoms with van der Waals surface area (Å²) in [7, 11) is 1.43. The summed E-state index contributed by atoms with van der Waals surface area (Å²) in [4.78, 5) is 0. The largest absolute Gasteiger partial charge is 0.494 e. The van der Waals surface area contributed by atoms with Gasteiger partial charge in [0, 0.05) is 0 Å². The average Bonchev–Trinajstić information content (AvgIpc) is 2.25. The van der Waals surface area contributed by atoms with Crippen LogP contribution in [0.25, 0.3) is 0 Å². The first kappa shape index (κ1) is 15.0. The van der Waals surface area contributed by atoms with Crippen molar-refractivity contribution < 1.29 is 14.2 Å². The average molecular weight is 254 g/mol. The van der Waals surface area contributed by atoms with Crippen molar-refractivity contribution in [2.75, 3.05) is 7.11 Å². The number of methoxy groups -OCH3 is 1. The van der Waals surface area contributed by atoms with Crippen LogP contribution in [-0.4, -0.2) is 12.2 Å². The first-order valence-corrected chi connectivity index (χ1v) is 6.22. The van der Waals surface area contributed by atoms with Gasteiger partial charge in [0.2, 0.25) is 0 Å². The van der Waals surface area contributed by atoms with Gasteiger partial charge >= 0.3 is 0 Å². The lowest BCUT2D eigenvalue weighted by molar-refractivity contribution is 0.0355. The van der Waals surface area contributed by atoms with Crippen molar-refractivity contribution in [3.63, 3.8) is 0 Å². The lowest BCUT2D eigenvalue weighted by atomic mass is 9.82. The fourth-order valence-electron chi connectivity index (χ4n) is 1.76. The Morgan fingerprint density at radius 3 is 2.22 bits per heavy atom. The molecule has 1 atom stereocenters. The highest BCUT2D eigenvalue weighted by atomic mass is 19.1. The Balaban J connectivity index is 2.88. The predicted molar refractivity (Wildman–Crippen MR) is 71.2 cm³/mol. The first-order chi connectivity index (χ1) is 8.15. The minimum absolute atomic E-state index is 0.148. The van der Waals surface area contributed by atoms with Crippen molar-refractivity contribution in [1.29, 1.82) is 0 Å². The normalized spacial score (nSPS) is 15.3. The lowest BCUT2D eigenvalue weighted by Crippen LogP contribution is -2.23. The van der Waals surface area contributed by atoms with E-state index in [-0.39, 0.29) is 11.2 Å². The molecule has 0 heterocycles. The van der Waals surface area contributed by atoms with E-state index in [9.17, 15) is 9.50 Å². The second-order valence-electron chi connectivity index (χ2n) is 6.18. The molecular weight excluding hydrogens is 231 g/mol. The molecule has 1 unspecified atom stereocenters. The molecule has 1 aromatic rings. The van der Waals surface area contributed by atoms with Gasteiger partial charge in [-0.1, -0.05) is 26.8 Å². The van der Waals surface area contributed by atoms with Crippen molar-refractivity contribution in [3.05, 3.63) is 29.6 Å². The van der Waals surface area contributed by atoms with Gasteiger partial charge in [-0.3, -0.25) is 0 Å². The third kappa shape index (κ3) is 3.98. The molecule has 3 heteroatoms. The zero-order chi connectivity index (χ0) is 14.0. The highest BCUT2D eigenvalue weighted by Crippen LogP contribution is 2.33. The first-order valence-electron chi connectivity index (χ1n) is 6.22. The maximum Gasteiger partial charge on any atom is 0.165 e. The number of hydrogen-bond acceptors (Lipinski definition) is 2. The van der Waals surface area contributed by atoms with Crippen LogP contribution in [0.4, 0.5) is 4.39 Å². The van der Waals surface area contributed by atoms with Gasteiger partial charge in [0.1, 0.15) is 0 Å². The molecule has 0 aliphatic rings. The van der Waals surface area contributed by atoms with Crippen LogP contribution in [0.15, 0.2) is 18.2 Å². The van der Waals surface area contributed by atoms with Crippen LogP contribution >= 0.6 is 0 Å². The molecule has 1 rings (SSSR count). The molecule has 0 aliphatic heterocycles. The number of halogens is 1. The molecule has 1 N–H and O–H groups in total. The van der Waals surface area contributed by atoms with Crippen molar-refractivity contribution in [2.24, 2.45) is 5.41 Å². The molecule has 0 aliphatic carbocycles. The Kier molecular flexibility index (Phi) is 4.38. The molecule has 1 aromatic carbocycles. The summed E-state index contributed by atoms with van der Waals surface area (Å²) < 4.78 is 18.5. The quantitative estimate of drug-likeness (QED) is 0.884. The van der Waals surface area contributed by atoms with Crippen LogP contribution in [0, 0.1) is 11.2 Å². The Bertz CT molecular complexity index is 405. The highest BCUT2D eigenvalue weighted by molar-refractivity contribution is 5.32. The van der Waals surface area contributed by atoms with Gasteiger partial charge in [-0.15, -0.1) is 0 Å². The van der Waals surface area contributed by atoms with Crippen LogP contribution in [0.1, 0.15) is 46.1 Å². The summed E-state index contributed by atoms with van der Waals surface area (Å²) in [5.41, 5.74) is -0.278. The maximum absolute atomic E-state index is 13.6. The summed E-state index contributed by atoms with van der Waals surface area (Å²) in [5, 5.41) is 10.4. The molecule has 0 amide bonds. The SMILES string of the molecule is COc1ccc(C(C)(O)CCC(C)(C)C)cc1F. The van der Waals surface area contributed by atoms with E-state index in [2.05, 4.69) is 20.8 Å². The Morgan fingerprint density at radius 2 is 1.78 bits per heavy atom. The van der Waals surface area contributed by atoms with Crippen molar-refractivity contribution in [1.82, 2.24) is 0 Å². The van der Waals surface area contributed by atoms with E-state index in [1.54, 1.807) is 19.1 Å². The lowest BCUT2D eigenvalue weighted by Gasteiger charge is -2.28.